The molecule has 1 saturated carbocycles. The highest BCUT2D eigenvalue weighted by Gasteiger charge is 2.38. The number of hydrogen-bond donors (Lipinski definition) is 2. The summed E-state index contributed by atoms with van der Waals surface area (Å²) in [5.74, 6) is 0.768. The number of halogens is 2. The number of ether oxygens (including phenoxy) is 1. The number of likely N-dealkylation sites (tertiary alicyclic amines) is 1. The van der Waals surface area contributed by atoms with Crippen LogP contribution in [0, 0.1) is 5.82 Å². The molecule has 0 radical (unpaired) electrons. The molecule has 152 valence electrons. The van der Waals surface area contributed by atoms with Crippen LogP contribution in [0.5, 0.6) is 5.75 Å². The van der Waals surface area contributed by atoms with Crippen molar-refractivity contribution in [2.24, 2.45) is 4.99 Å². The van der Waals surface area contributed by atoms with Crippen molar-refractivity contribution in [1.82, 2.24) is 15.5 Å². The summed E-state index contributed by atoms with van der Waals surface area (Å²) in [6.07, 6.45) is 3.82. The molecule has 2 unspecified atom stereocenters. The third-order valence-electron chi connectivity index (χ3n) is 5.04. The quantitative estimate of drug-likeness (QED) is 0.349. The van der Waals surface area contributed by atoms with Gasteiger partial charge in [-0.3, -0.25) is 4.90 Å². The fourth-order valence-corrected chi connectivity index (χ4v) is 3.67. The molecular weight excluding hydrogens is 458 g/mol. The molecule has 1 aliphatic carbocycles. The van der Waals surface area contributed by atoms with Gasteiger partial charge >= 0.3 is 0 Å². The summed E-state index contributed by atoms with van der Waals surface area (Å²) < 4.78 is 19.2. The van der Waals surface area contributed by atoms with Crippen LogP contribution < -0.4 is 15.4 Å². The number of rotatable bonds is 7. The fraction of sp³-hybridized carbons (Fsp3) is 0.650. The summed E-state index contributed by atoms with van der Waals surface area (Å²) in [4.78, 5) is 7.26. The van der Waals surface area contributed by atoms with E-state index in [0.717, 1.165) is 37.1 Å². The van der Waals surface area contributed by atoms with E-state index in [1.54, 1.807) is 6.07 Å². The maximum absolute atomic E-state index is 14.0. The van der Waals surface area contributed by atoms with Crippen molar-refractivity contribution < 1.29 is 9.13 Å². The van der Waals surface area contributed by atoms with Crippen LogP contribution in [-0.2, 0) is 6.54 Å². The molecule has 3 rings (SSSR count). The Labute approximate surface area is 179 Å². The van der Waals surface area contributed by atoms with Crippen LogP contribution in [-0.4, -0.2) is 48.7 Å². The average Bonchev–Trinajstić information content (AvgIpc) is 3.39. The highest BCUT2D eigenvalue weighted by atomic mass is 127. The summed E-state index contributed by atoms with van der Waals surface area (Å²) in [5.41, 5.74) is 0.836. The van der Waals surface area contributed by atoms with E-state index in [1.165, 1.54) is 18.9 Å². The summed E-state index contributed by atoms with van der Waals surface area (Å²) in [6, 6.07) is 6.89. The lowest BCUT2D eigenvalue weighted by atomic mass is 10.2. The van der Waals surface area contributed by atoms with Crippen LogP contribution in [0.15, 0.2) is 23.2 Å². The lowest BCUT2D eigenvalue weighted by Gasteiger charge is -2.20. The van der Waals surface area contributed by atoms with Crippen molar-refractivity contribution in [2.75, 3.05) is 19.7 Å². The normalized spacial score (nSPS) is 23.0. The second-order valence-corrected chi connectivity index (χ2v) is 7.25. The van der Waals surface area contributed by atoms with Crippen LogP contribution in [0.25, 0.3) is 0 Å². The predicted octanol–water partition coefficient (Wildman–Crippen LogP) is 3.52. The Bertz CT molecular complexity index is 638. The van der Waals surface area contributed by atoms with Gasteiger partial charge in [0.25, 0.3) is 0 Å². The maximum atomic E-state index is 14.0. The molecule has 2 N–H and O–H groups in total. The summed E-state index contributed by atoms with van der Waals surface area (Å²) >= 11 is 0. The average molecular weight is 490 g/mol. The smallest absolute Gasteiger partial charge is 0.191 e. The molecular formula is C20H32FIN4O. The lowest BCUT2D eigenvalue weighted by Crippen LogP contribution is -2.44. The van der Waals surface area contributed by atoms with Gasteiger partial charge in [0.1, 0.15) is 0 Å². The van der Waals surface area contributed by atoms with Crippen LogP contribution in [0.2, 0.25) is 0 Å². The van der Waals surface area contributed by atoms with Gasteiger partial charge in [0.05, 0.1) is 13.2 Å². The van der Waals surface area contributed by atoms with Crippen molar-refractivity contribution in [1.29, 1.82) is 0 Å². The first-order valence-corrected chi connectivity index (χ1v) is 9.82. The molecule has 2 fully saturated rings. The van der Waals surface area contributed by atoms with Crippen molar-refractivity contribution >= 4 is 29.9 Å². The van der Waals surface area contributed by atoms with Crippen LogP contribution in [0.3, 0.4) is 0 Å². The predicted molar refractivity (Wildman–Crippen MR) is 119 cm³/mol. The van der Waals surface area contributed by atoms with E-state index in [9.17, 15) is 4.39 Å². The Hall–Kier alpha value is -1.09. The Kier molecular flexibility index (Phi) is 8.60. The second kappa shape index (κ2) is 10.5. The minimum Gasteiger partial charge on any atom is -0.491 e. The molecule has 1 aromatic rings. The van der Waals surface area contributed by atoms with E-state index in [2.05, 4.69) is 34.4 Å². The SMILES string of the molecule is CCNC(=NCc1ccc(OCC)c(F)c1)NC1CC(C)N(C2CC2)C1.I. The van der Waals surface area contributed by atoms with Gasteiger partial charge in [-0.25, -0.2) is 9.38 Å². The van der Waals surface area contributed by atoms with Gasteiger partial charge in [-0.05, 0) is 57.7 Å². The standard InChI is InChI=1S/C20H31FN4O.HI/c1-4-22-20(24-16-10-14(3)25(13-16)17-7-8-17)23-12-15-6-9-19(26-5-2)18(21)11-15;/h6,9,11,14,16-17H,4-5,7-8,10,12-13H2,1-3H3,(H2,22,23,24);1H. The van der Waals surface area contributed by atoms with Gasteiger partial charge in [0.2, 0.25) is 0 Å². The molecule has 0 aromatic heterocycles. The Morgan fingerprint density at radius 2 is 2.11 bits per heavy atom. The van der Waals surface area contributed by atoms with Crippen molar-refractivity contribution in [3.8, 4) is 5.75 Å². The second-order valence-electron chi connectivity index (χ2n) is 7.25. The lowest BCUT2D eigenvalue weighted by molar-refractivity contribution is 0.256. The molecule has 0 amide bonds. The summed E-state index contributed by atoms with van der Waals surface area (Å²) in [7, 11) is 0. The Morgan fingerprint density at radius 3 is 2.74 bits per heavy atom. The number of aliphatic imine (C=N–C) groups is 1. The molecule has 2 aliphatic rings. The van der Waals surface area contributed by atoms with Crippen molar-refractivity contribution in [3.05, 3.63) is 29.6 Å². The Balaban J connectivity index is 0.00000261. The monoisotopic (exact) mass is 490 g/mol. The maximum Gasteiger partial charge on any atom is 0.191 e. The molecule has 1 saturated heterocycles. The molecule has 0 bridgehead atoms. The number of nitrogens with one attached hydrogen (secondary N) is 2. The minimum absolute atomic E-state index is 0. The zero-order valence-corrected chi connectivity index (χ0v) is 18.8. The molecule has 1 aromatic carbocycles. The first kappa shape index (κ1) is 22.2. The van der Waals surface area contributed by atoms with Crippen molar-refractivity contribution in [3.63, 3.8) is 0 Å². The van der Waals surface area contributed by atoms with Gasteiger partial charge in [0, 0.05) is 31.2 Å². The van der Waals surface area contributed by atoms with E-state index in [4.69, 9.17) is 4.74 Å². The molecule has 7 heteroatoms. The number of benzene rings is 1. The van der Waals surface area contributed by atoms with Crippen molar-refractivity contribution in [2.45, 2.75) is 64.7 Å². The third-order valence-corrected chi connectivity index (χ3v) is 5.04. The third kappa shape index (κ3) is 6.20. The number of nitrogens with zero attached hydrogens (tertiary/aromatic N) is 2. The first-order chi connectivity index (χ1) is 12.6. The number of guanidine groups is 1. The van der Waals surface area contributed by atoms with Crippen LogP contribution in [0.4, 0.5) is 4.39 Å². The van der Waals surface area contributed by atoms with Gasteiger partial charge < -0.3 is 15.4 Å². The van der Waals surface area contributed by atoms with Gasteiger partial charge in [0.15, 0.2) is 17.5 Å². The first-order valence-electron chi connectivity index (χ1n) is 9.82. The summed E-state index contributed by atoms with van der Waals surface area (Å²) in [5, 5.41) is 6.86. The molecule has 27 heavy (non-hydrogen) atoms. The topological polar surface area (TPSA) is 48.9 Å². The molecule has 0 spiro atoms. The van der Waals surface area contributed by atoms with Gasteiger partial charge in [-0.1, -0.05) is 6.07 Å². The van der Waals surface area contributed by atoms with Gasteiger partial charge in [-0.15, -0.1) is 24.0 Å². The van der Waals surface area contributed by atoms with Crippen LogP contribution >= 0.6 is 24.0 Å². The Morgan fingerprint density at radius 1 is 1.33 bits per heavy atom. The molecule has 1 heterocycles. The summed E-state index contributed by atoms with van der Waals surface area (Å²) in [6.45, 7) is 8.99. The zero-order valence-electron chi connectivity index (χ0n) is 16.5. The molecule has 5 nitrogen and oxygen atoms in total. The largest absolute Gasteiger partial charge is 0.491 e. The van der Waals surface area contributed by atoms with Gasteiger partial charge in [-0.2, -0.15) is 0 Å². The van der Waals surface area contributed by atoms with E-state index in [1.807, 2.05) is 13.0 Å². The number of hydrogen-bond acceptors (Lipinski definition) is 3. The zero-order chi connectivity index (χ0) is 18.5. The van der Waals surface area contributed by atoms with E-state index in [-0.39, 0.29) is 29.8 Å². The van der Waals surface area contributed by atoms with E-state index < -0.39 is 0 Å². The molecule has 2 atom stereocenters. The highest BCUT2D eigenvalue weighted by Crippen LogP contribution is 2.33. The highest BCUT2D eigenvalue weighted by molar-refractivity contribution is 14.0. The van der Waals surface area contributed by atoms with E-state index >= 15 is 0 Å². The van der Waals surface area contributed by atoms with Crippen LogP contribution in [0.1, 0.15) is 45.6 Å². The minimum atomic E-state index is -0.331. The fourth-order valence-electron chi connectivity index (χ4n) is 3.67. The molecule has 1 aliphatic heterocycles. The van der Waals surface area contributed by atoms with E-state index in [0.29, 0.717) is 31.0 Å².